The van der Waals surface area contributed by atoms with Gasteiger partial charge in [0.1, 0.15) is 0 Å². The van der Waals surface area contributed by atoms with Gasteiger partial charge >= 0.3 is 6.18 Å². The topological polar surface area (TPSA) is 42.7 Å². The molecular formula is C11H13F3N4. The number of hydrogen-bond acceptors (Lipinski definition) is 3. The molecule has 2 aromatic heterocycles. The van der Waals surface area contributed by atoms with Crippen LogP contribution in [0.15, 0.2) is 12.3 Å². The van der Waals surface area contributed by atoms with Crippen molar-refractivity contribution in [3.63, 3.8) is 0 Å². The third-order valence-corrected chi connectivity index (χ3v) is 2.57. The van der Waals surface area contributed by atoms with Gasteiger partial charge < -0.3 is 5.32 Å². The van der Waals surface area contributed by atoms with Gasteiger partial charge in [-0.3, -0.25) is 4.68 Å². The molecule has 2 rings (SSSR count). The molecule has 0 aliphatic rings. The molecule has 0 aromatic carbocycles. The number of hydrogen-bond donors (Lipinski definition) is 1. The van der Waals surface area contributed by atoms with Gasteiger partial charge in [0.05, 0.1) is 12.2 Å². The highest BCUT2D eigenvalue weighted by Crippen LogP contribution is 2.17. The largest absolute Gasteiger partial charge is 0.401 e. The van der Waals surface area contributed by atoms with Gasteiger partial charge in [-0.2, -0.15) is 18.3 Å². The number of nitrogens with zero attached hydrogens (tertiary/aromatic N) is 3. The molecule has 4 nitrogen and oxygen atoms in total. The van der Waals surface area contributed by atoms with E-state index >= 15 is 0 Å². The normalized spacial score (nSPS) is 12.3. The molecule has 0 atom stereocenters. The van der Waals surface area contributed by atoms with Crippen molar-refractivity contribution in [3.05, 3.63) is 23.5 Å². The number of fused-ring (bicyclic) bond motifs is 1. The number of halogens is 3. The van der Waals surface area contributed by atoms with Crippen LogP contribution in [0.5, 0.6) is 0 Å². The van der Waals surface area contributed by atoms with E-state index in [4.69, 9.17) is 0 Å². The van der Waals surface area contributed by atoms with Crippen LogP contribution >= 0.6 is 0 Å². The molecule has 2 heterocycles. The first-order valence-electron chi connectivity index (χ1n) is 5.42. The van der Waals surface area contributed by atoms with E-state index in [1.54, 1.807) is 17.9 Å². The SMILES string of the molecule is Cc1nn(C)c2ncc(CNCC(F)(F)F)cc12. The average molecular weight is 258 g/mol. The highest BCUT2D eigenvalue weighted by atomic mass is 19.4. The Kier molecular flexibility index (Phi) is 3.25. The monoisotopic (exact) mass is 258 g/mol. The van der Waals surface area contributed by atoms with Crippen LogP contribution in [0.3, 0.4) is 0 Å². The van der Waals surface area contributed by atoms with Crippen LogP contribution in [-0.2, 0) is 13.6 Å². The molecule has 0 fully saturated rings. The second-order valence-corrected chi connectivity index (χ2v) is 4.14. The summed E-state index contributed by atoms with van der Waals surface area (Å²) in [6.07, 6.45) is -2.63. The molecule has 0 spiro atoms. The van der Waals surface area contributed by atoms with Gasteiger partial charge in [0.15, 0.2) is 5.65 Å². The Bertz CT molecular complexity index is 559. The molecule has 0 saturated carbocycles. The van der Waals surface area contributed by atoms with Gasteiger partial charge in [-0.25, -0.2) is 4.98 Å². The van der Waals surface area contributed by atoms with Gasteiger partial charge in [-0.15, -0.1) is 0 Å². The summed E-state index contributed by atoms with van der Waals surface area (Å²) in [5, 5.41) is 7.41. The molecule has 18 heavy (non-hydrogen) atoms. The maximum Gasteiger partial charge on any atom is 0.401 e. The van der Waals surface area contributed by atoms with E-state index < -0.39 is 12.7 Å². The summed E-state index contributed by atoms with van der Waals surface area (Å²) in [5.41, 5.74) is 2.26. The molecule has 0 unspecified atom stereocenters. The Morgan fingerprint density at radius 1 is 1.39 bits per heavy atom. The molecule has 0 amide bonds. The van der Waals surface area contributed by atoms with E-state index in [0.717, 1.165) is 16.7 Å². The Morgan fingerprint density at radius 3 is 2.78 bits per heavy atom. The van der Waals surface area contributed by atoms with Crippen LogP contribution in [-0.4, -0.2) is 27.5 Å². The summed E-state index contributed by atoms with van der Waals surface area (Å²) in [7, 11) is 1.78. The minimum absolute atomic E-state index is 0.136. The van der Waals surface area contributed by atoms with Crippen LogP contribution in [0.4, 0.5) is 13.2 Å². The van der Waals surface area contributed by atoms with Crippen LogP contribution in [0.2, 0.25) is 0 Å². The molecule has 2 aromatic rings. The van der Waals surface area contributed by atoms with Gasteiger partial charge in [-0.1, -0.05) is 0 Å². The molecule has 7 heteroatoms. The Labute approximate surface area is 102 Å². The van der Waals surface area contributed by atoms with Crippen LogP contribution in [0.1, 0.15) is 11.3 Å². The fourth-order valence-electron chi connectivity index (χ4n) is 1.80. The maximum atomic E-state index is 12.0. The third-order valence-electron chi connectivity index (χ3n) is 2.57. The molecule has 0 radical (unpaired) electrons. The first-order valence-corrected chi connectivity index (χ1v) is 5.42. The second kappa shape index (κ2) is 4.56. The number of aromatic nitrogens is 3. The van der Waals surface area contributed by atoms with Gasteiger partial charge in [0.2, 0.25) is 0 Å². The first kappa shape index (κ1) is 12.8. The minimum atomic E-state index is -4.19. The lowest BCUT2D eigenvalue weighted by Crippen LogP contribution is -2.28. The zero-order chi connectivity index (χ0) is 13.3. The standard InChI is InChI=1S/C11H13F3N4/c1-7-9-3-8(4-15-6-11(12,13)14)5-16-10(9)18(2)17-7/h3,5,15H,4,6H2,1-2H3. The van der Waals surface area contributed by atoms with Crippen molar-refractivity contribution in [3.8, 4) is 0 Å². The Hall–Kier alpha value is -1.63. The molecule has 1 N–H and O–H groups in total. The Balaban J connectivity index is 2.13. The molecule has 0 aliphatic carbocycles. The molecule has 0 aliphatic heterocycles. The van der Waals surface area contributed by atoms with E-state index in [2.05, 4.69) is 15.4 Å². The molecular weight excluding hydrogens is 245 g/mol. The number of nitrogens with one attached hydrogen (secondary N) is 1. The predicted octanol–water partition coefficient (Wildman–Crippen LogP) is 1.93. The summed E-state index contributed by atoms with van der Waals surface area (Å²) in [6.45, 7) is 0.977. The third kappa shape index (κ3) is 2.79. The summed E-state index contributed by atoms with van der Waals surface area (Å²) in [6, 6.07) is 1.81. The molecule has 0 bridgehead atoms. The van der Waals surface area contributed by atoms with E-state index in [1.165, 1.54) is 0 Å². The lowest BCUT2D eigenvalue weighted by molar-refractivity contribution is -0.125. The quantitative estimate of drug-likeness (QED) is 0.914. The summed E-state index contributed by atoms with van der Waals surface area (Å²) >= 11 is 0. The number of pyridine rings is 1. The number of rotatable bonds is 3. The van der Waals surface area contributed by atoms with Crippen LogP contribution < -0.4 is 5.32 Å². The van der Waals surface area contributed by atoms with Crippen LogP contribution in [0.25, 0.3) is 11.0 Å². The highest BCUT2D eigenvalue weighted by molar-refractivity contribution is 5.78. The summed E-state index contributed by atoms with van der Waals surface area (Å²) in [4.78, 5) is 4.20. The van der Waals surface area contributed by atoms with E-state index in [0.29, 0.717) is 5.56 Å². The van der Waals surface area contributed by atoms with Crippen molar-refractivity contribution < 1.29 is 13.2 Å². The first-order chi connectivity index (χ1) is 8.37. The van der Waals surface area contributed by atoms with Crippen molar-refractivity contribution in [2.24, 2.45) is 7.05 Å². The number of aryl methyl sites for hydroxylation is 2. The van der Waals surface area contributed by atoms with Crippen molar-refractivity contribution >= 4 is 11.0 Å². The fourth-order valence-corrected chi connectivity index (χ4v) is 1.80. The maximum absolute atomic E-state index is 12.0. The lowest BCUT2D eigenvalue weighted by Gasteiger charge is -2.08. The van der Waals surface area contributed by atoms with E-state index in [1.807, 2.05) is 13.0 Å². The minimum Gasteiger partial charge on any atom is -0.305 e. The van der Waals surface area contributed by atoms with Gasteiger partial charge in [0, 0.05) is 25.2 Å². The molecule has 98 valence electrons. The van der Waals surface area contributed by atoms with Crippen molar-refractivity contribution in [2.75, 3.05) is 6.54 Å². The average Bonchev–Trinajstić information content (AvgIpc) is 2.53. The predicted molar refractivity (Wildman–Crippen MR) is 61.0 cm³/mol. The van der Waals surface area contributed by atoms with Crippen molar-refractivity contribution in [1.29, 1.82) is 0 Å². The highest BCUT2D eigenvalue weighted by Gasteiger charge is 2.26. The zero-order valence-corrected chi connectivity index (χ0v) is 10.0. The van der Waals surface area contributed by atoms with Gasteiger partial charge in [0.25, 0.3) is 0 Å². The zero-order valence-electron chi connectivity index (χ0n) is 10.0. The second-order valence-electron chi connectivity index (χ2n) is 4.14. The smallest absolute Gasteiger partial charge is 0.305 e. The van der Waals surface area contributed by atoms with E-state index in [9.17, 15) is 13.2 Å². The summed E-state index contributed by atoms with van der Waals surface area (Å²) in [5.74, 6) is 0. The Morgan fingerprint density at radius 2 is 2.11 bits per heavy atom. The van der Waals surface area contributed by atoms with Crippen molar-refractivity contribution in [2.45, 2.75) is 19.6 Å². The fraction of sp³-hybridized carbons (Fsp3) is 0.455. The van der Waals surface area contributed by atoms with Gasteiger partial charge in [-0.05, 0) is 18.6 Å². The van der Waals surface area contributed by atoms with Crippen LogP contribution in [0, 0.1) is 6.92 Å². The summed E-state index contributed by atoms with van der Waals surface area (Å²) < 4.78 is 37.6. The van der Waals surface area contributed by atoms with Crippen molar-refractivity contribution in [1.82, 2.24) is 20.1 Å². The number of alkyl halides is 3. The lowest BCUT2D eigenvalue weighted by atomic mass is 10.2. The van der Waals surface area contributed by atoms with E-state index in [-0.39, 0.29) is 6.54 Å². The molecule has 0 saturated heterocycles.